The summed E-state index contributed by atoms with van der Waals surface area (Å²) in [4.78, 5) is 4.22. The lowest BCUT2D eigenvalue weighted by atomic mass is 9.77. The number of halogens is 3. The van der Waals surface area contributed by atoms with Gasteiger partial charge in [-0.3, -0.25) is 4.98 Å². The van der Waals surface area contributed by atoms with Crippen LogP contribution in [-0.4, -0.2) is 16.7 Å². The molecular weight excluding hydrogens is 357 g/mol. The summed E-state index contributed by atoms with van der Waals surface area (Å²) in [5.74, 6) is 0.960. The zero-order valence-corrected chi connectivity index (χ0v) is 14.3. The first-order chi connectivity index (χ1) is 9.61. The molecule has 0 bridgehead atoms. The Morgan fingerprint density at radius 3 is 2.45 bits per heavy atom. The summed E-state index contributed by atoms with van der Waals surface area (Å²) in [6.07, 6.45) is 4.43. The molecule has 2 aromatic rings. The molecule has 0 N–H and O–H groups in total. The molecule has 1 aromatic heterocycles. The Hall–Kier alpha value is -0.570. The maximum atomic E-state index is 6.30. The molecule has 20 heavy (non-hydrogen) atoms. The monoisotopic (exact) mass is 371 g/mol. The summed E-state index contributed by atoms with van der Waals surface area (Å²) in [6.45, 7) is 2.10. The van der Waals surface area contributed by atoms with Crippen molar-refractivity contribution >= 4 is 39.1 Å². The largest absolute Gasteiger partial charge is 0.263 e. The molecule has 0 unspecified atom stereocenters. The van der Waals surface area contributed by atoms with E-state index >= 15 is 0 Å². The van der Waals surface area contributed by atoms with Crippen LogP contribution in [0, 0.1) is 6.92 Å². The van der Waals surface area contributed by atoms with Gasteiger partial charge in [0.05, 0.1) is 0 Å². The highest BCUT2D eigenvalue weighted by Gasteiger charge is 2.32. The van der Waals surface area contributed by atoms with E-state index in [0.29, 0.717) is 11.8 Å². The van der Waals surface area contributed by atoms with Gasteiger partial charge in [0.25, 0.3) is 0 Å². The first-order valence-corrected chi connectivity index (χ1v) is 8.25. The highest BCUT2D eigenvalue weighted by molar-refractivity contribution is 9.10. The molecule has 1 nitrogen and oxygen atoms in total. The van der Waals surface area contributed by atoms with Crippen LogP contribution in [0.2, 0.25) is 0 Å². The Balaban J connectivity index is 2.42. The van der Waals surface area contributed by atoms with Crippen LogP contribution in [0.25, 0.3) is 0 Å². The van der Waals surface area contributed by atoms with Gasteiger partial charge in [0.1, 0.15) is 0 Å². The van der Waals surface area contributed by atoms with Crippen LogP contribution in [0.15, 0.2) is 47.2 Å². The molecule has 0 saturated carbocycles. The van der Waals surface area contributed by atoms with E-state index in [1.807, 2.05) is 18.3 Å². The van der Waals surface area contributed by atoms with E-state index in [4.69, 9.17) is 23.2 Å². The van der Waals surface area contributed by atoms with Crippen LogP contribution in [0.1, 0.15) is 16.7 Å². The molecule has 4 heteroatoms. The van der Waals surface area contributed by atoms with Crippen molar-refractivity contribution in [1.29, 1.82) is 0 Å². The van der Waals surface area contributed by atoms with Crippen LogP contribution >= 0.6 is 39.1 Å². The van der Waals surface area contributed by atoms with Gasteiger partial charge in [0.2, 0.25) is 0 Å². The lowest BCUT2D eigenvalue weighted by Crippen LogP contribution is -2.34. The fourth-order valence-corrected chi connectivity index (χ4v) is 3.66. The van der Waals surface area contributed by atoms with Gasteiger partial charge in [-0.25, -0.2) is 0 Å². The Morgan fingerprint density at radius 2 is 1.85 bits per heavy atom. The van der Waals surface area contributed by atoms with Crippen LogP contribution in [-0.2, 0) is 11.8 Å². The van der Waals surface area contributed by atoms with E-state index in [1.165, 1.54) is 11.1 Å². The van der Waals surface area contributed by atoms with Crippen LogP contribution in [0.3, 0.4) is 0 Å². The van der Waals surface area contributed by atoms with Gasteiger partial charge < -0.3 is 0 Å². The molecule has 106 valence electrons. The average molecular weight is 373 g/mol. The summed E-state index contributed by atoms with van der Waals surface area (Å²) in [5, 5.41) is 0. The summed E-state index contributed by atoms with van der Waals surface area (Å²) in [6, 6.07) is 10.4. The minimum atomic E-state index is -0.267. The molecule has 0 atom stereocenters. The molecule has 2 rings (SSSR count). The Kier molecular flexibility index (Phi) is 5.48. The van der Waals surface area contributed by atoms with E-state index in [0.717, 1.165) is 16.5 Å². The predicted molar refractivity (Wildman–Crippen MR) is 89.9 cm³/mol. The van der Waals surface area contributed by atoms with Crippen molar-refractivity contribution in [3.8, 4) is 0 Å². The van der Waals surface area contributed by atoms with Crippen molar-refractivity contribution in [2.24, 2.45) is 0 Å². The van der Waals surface area contributed by atoms with Crippen molar-refractivity contribution in [3.63, 3.8) is 0 Å². The number of aryl methyl sites for hydroxylation is 1. The molecule has 0 radical (unpaired) electrons. The smallest absolute Gasteiger partial charge is 0.0410 e. The quantitative estimate of drug-likeness (QED) is 0.664. The molecule has 0 aliphatic heterocycles. The van der Waals surface area contributed by atoms with Gasteiger partial charge >= 0.3 is 0 Å². The third-order valence-corrected chi connectivity index (χ3v) is 4.99. The summed E-state index contributed by atoms with van der Waals surface area (Å²) in [7, 11) is 0. The van der Waals surface area contributed by atoms with Crippen LogP contribution in [0.5, 0.6) is 0 Å². The molecule has 0 aliphatic rings. The minimum Gasteiger partial charge on any atom is -0.263 e. The maximum Gasteiger partial charge on any atom is 0.0410 e. The van der Waals surface area contributed by atoms with Crippen molar-refractivity contribution < 1.29 is 0 Å². The third-order valence-electron chi connectivity index (χ3n) is 3.53. The second-order valence-corrected chi connectivity index (χ2v) is 6.50. The topological polar surface area (TPSA) is 12.9 Å². The zero-order valence-electron chi connectivity index (χ0n) is 11.2. The summed E-state index contributed by atoms with van der Waals surface area (Å²) >= 11 is 16.1. The first kappa shape index (κ1) is 15.8. The molecule has 0 saturated heterocycles. The second kappa shape index (κ2) is 6.93. The van der Waals surface area contributed by atoms with E-state index in [-0.39, 0.29) is 5.41 Å². The predicted octanol–water partition coefficient (Wildman–Crippen LogP) is 5.11. The average Bonchev–Trinajstić information content (AvgIpc) is 2.46. The third kappa shape index (κ3) is 3.36. The van der Waals surface area contributed by atoms with Gasteiger partial charge in [0.15, 0.2) is 0 Å². The van der Waals surface area contributed by atoms with Gasteiger partial charge in [-0.1, -0.05) is 24.3 Å². The Morgan fingerprint density at radius 1 is 1.15 bits per heavy atom. The van der Waals surface area contributed by atoms with Gasteiger partial charge in [-0.05, 0) is 52.0 Å². The number of aromatic nitrogens is 1. The summed E-state index contributed by atoms with van der Waals surface area (Å²) in [5.41, 5.74) is 3.29. The molecular formula is C16H16BrCl2N. The molecule has 0 fully saturated rings. The number of benzene rings is 1. The molecule has 1 heterocycles. The van der Waals surface area contributed by atoms with Crippen LogP contribution in [0.4, 0.5) is 0 Å². The molecule has 0 spiro atoms. The number of pyridine rings is 1. The standard InChI is InChI=1S/C16H16BrCl2N/c1-12-4-2-3-5-15(12)16(10-18,11-19)7-13-6-14(17)9-20-8-13/h2-6,8-9H,7,10-11H2,1H3. The van der Waals surface area contributed by atoms with Crippen molar-refractivity contribution in [2.75, 3.05) is 11.8 Å². The van der Waals surface area contributed by atoms with E-state index in [1.54, 1.807) is 6.20 Å². The van der Waals surface area contributed by atoms with Crippen LogP contribution < -0.4 is 0 Å². The number of nitrogens with zero attached hydrogens (tertiary/aromatic N) is 1. The number of rotatable bonds is 5. The molecule has 0 amide bonds. The van der Waals surface area contributed by atoms with E-state index in [2.05, 4.69) is 46.0 Å². The SMILES string of the molecule is Cc1ccccc1C(CCl)(CCl)Cc1cncc(Br)c1. The highest BCUT2D eigenvalue weighted by Crippen LogP contribution is 2.34. The van der Waals surface area contributed by atoms with E-state index < -0.39 is 0 Å². The minimum absolute atomic E-state index is 0.267. The van der Waals surface area contributed by atoms with Crippen molar-refractivity contribution in [1.82, 2.24) is 4.98 Å². The fraction of sp³-hybridized carbons (Fsp3) is 0.312. The molecule has 1 aromatic carbocycles. The lowest BCUT2D eigenvalue weighted by Gasteiger charge is -2.32. The number of hydrogen-bond acceptors (Lipinski definition) is 1. The fourth-order valence-electron chi connectivity index (χ4n) is 2.48. The maximum absolute atomic E-state index is 6.30. The van der Waals surface area contributed by atoms with Gasteiger partial charge in [-0.2, -0.15) is 0 Å². The molecule has 0 aliphatic carbocycles. The van der Waals surface area contributed by atoms with Gasteiger partial charge in [0, 0.05) is 34.0 Å². The van der Waals surface area contributed by atoms with E-state index in [9.17, 15) is 0 Å². The Labute approximate surface area is 138 Å². The zero-order chi connectivity index (χ0) is 14.6. The first-order valence-electron chi connectivity index (χ1n) is 6.39. The normalized spacial score (nSPS) is 11.6. The van der Waals surface area contributed by atoms with Crippen molar-refractivity contribution in [3.05, 3.63) is 63.9 Å². The van der Waals surface area contributed by atoms with Crippen molar-refractivity contribution in [2.45, 2.75) is 18.8 Å². The number of hydrogen-bond donors (Lipinski definition) is 0. The highest BCUT2D eigenvalue weighted by atomic mass is 79.9. The lowest BCUT2D eigenvalue weighted by molar-refractivity contribution is 0.532. The Bertz CT molecular complexity index is 582. The van der Waals surface area contributed by atoms with Gasteiger partial charge in [-0.15, -0.1) is 23.2 Å². The number of alkyl halides is 2. The summed E-state index contributed by atoms with van der Waals surface area (Å²) < 4.78 is 0.970. The second-order valence-electron chi connectivity index (χ2n) is 5.05.